The number of furan rings is 1. The highest BCUT2D eigenvalue weighted by molar-refractivity contribution is 5.79. The van der Waals surface area contributed by atoms with Crippen LogP contribution < -0.4 is 5.73 Å². The Bertz CT molecular complexity index is 620. The lowest BCUT2D eigenvalue weighted by Gasteiger charge is -2.14. The van der Waals surface area contributed by atoms with Crippen LogP contribution in [0.1, 0.15) is 11.1 Å². The monoisotopic (exact) mass is 311 g/mol. The molecule has 0 saturated heterocycles. The molecule has 0 amide bonds. The van der Waals surface area contributed by atoms with Crippen molar-refractivity contribution in [2.75, 3.05) is 5.73 Å². The molecule has 0 saturated carbocycles. The Morgan fingerprint density at radius 1 is 0.905 bits per heavy atom. The molecular weight excluding hydrogens is 304 g/mol. The third-order valence-electron chi connectivity index (χ3n) is 2.68. The van der Waals surface area contributed by atoms with Gasteiger partial charge in [0, 0.05) is 0 Å². The van der Waals surface area contributed by atoms with E-state index in [1.54, 1.807) is 0 Å². The minimum absolute atomic E-state index is 0.0170. The van der Waals surface area contributed by atoms with Crippen molar-refractivity contribution < 1.29 is 35.9 Å². The maximum atomic E-state index is 12.7. The van der Waals surface area contributed by atoms with Gasteiger partial charge in [-0.25, -0.2) is 0 Å². The number of anilines is 1. The van der Waals surface area contributed by atoms with Gasteiger partial charge in [-0.2, -0.15) is 26.3 Å². The van der Waals surface area contributed by atoms with E-state index >= 15 is 0 Å². The second kappa shape index (κ2) is 4.61. The summed E-state index contributed by atoms with van der Waals surface area (Å²) in [6, 6.07) is 0.892. The van der Waals surface area contributed by atoms with Gasteiger partial charge >= 0.3 is 12.4 Å². The van der Waals surface area contributed by atoms with Crippen molar-refractivity contribution in [3.63, 3.8) is 0 Å². The van der Waals surface area contributed by atoms with Crippen LogP contribution >= 0.6 is 0 Å². The summed E-state index contributed by atoms with van der Waals surface area (Å²) in [4.78, 5) is 0. The molecule has 3 N–H and O–H groups in total. The van der Waals surface area contributed by atoms with Gasteiger partial charge in [0.25, 0.3) is 0 Å². The summed E-state index contributed by atoms with van der Waals surface area (Å²) in [7, 11) is 0. The Balaban J connectivity index is 2.73. The molecule has 21 heavy (non-hydrogen) atoms. The molecule has 0 unspecified atom stereocenters. The summed E-state index contributed by atoms with van der Waals surface area (Å²) < 4.78 is 80.7. The van der Waals surface area contributed by atoms with E-state index in [-0.39, 0.29) is 6.07 Å². The van der Waals surface area contributed by atoms with Gasteiger partial charge < -0.3 is 15.3 Å². The van der Waals surface area contributed by atoms with E-state index in [9.17, 15) is 31.4 Å². The molecule has 0 aliphatic rings. The first-order chi connectivity index (χ1) is 9.50. The summed E-state index contributed by atoms with van der Waals surface area (Å²) in [5, 5.41) is 9.44. The largest absolute Gasteiger partial charge is 0.504 e. The van der Waals surface area contributed by atoms with Crippen LogP contribution in [-0.2, 0) is 12.4 Å². The first-order valence-corrected chi connectivity index (χ1v) is 5.36. The Labute approximate surface area is 113 Å². The molecule has 0 aliphatic heterocycles. The molecule has 0 atom stereocenters. The van der Waals surface area contributed by atoms with Crippen molar-refractivity contribution in [2.45, 2.75) is 12.4 Å². The zero-order valence-corrected chi connectivity index (χ0v) is 10.0. The van der Waals surface area contributed by atoms with Crippen LogP contribution in [-0.4, -0.2) is 5.11 Å². The first kappa shape index (κ1) is 15.1. The normalized spacial score (nSPS) is 12.7. The molecule has 0 aliphatic carbocycles. The predicted octanol–water partition coefficient (Wildman–Crippen LogP) is 4.27. The van der Waals surface area contributed by atoms with Crippen LogP contribution in [0.4, 0.5) is 32.2 Å². The van der Waals surface area contributed by atoms with Crippen LogP contribution in [0.5, 0.6) is 5.75 Å². The van der Waals surface area contributed by atoms with Gasteiger partial charge in [-0.05, 0) is 23.8 Å². The SMILES string of the molecule is Nc1occ(O)c1-c1cc(C(F)(F)F)cc(C(F)(F)F)c1. The second-order valence-corrected chi connectivity index (χ2v) is 4.15. The number of hydrogen-bond donors (Lipinski definition) is 2. The minimum atomic E-state index is -4.98. The number of hydrogen-bond acceptors (Lipinski definition) is 3. The molecule has 2 aromatic rings. The lowest BCUT2D eigenvalue weighted by Crippen LogP contribution is -2.11. The summed E-state index contributed by atoms with van der Waals surface area (Å²) in [6.45, 7) is 0. The number of nitrogen functional groups attached to an aromatic ring is 1. The average Bonchev–Trinajstić information content (AvgIpc) is 2.66. The number of alkyl halides is 6. The molecule has 1 aromatic heterocycles. The van der Waals surface area contributed by atoms with Crippen LogP contribution in [0.15, 0.2) is 28.9 Å². The van der Waals surface area contributed by atoms with E-state index in [0.29, 0.717) is 12.1 Å². The number of halogens is 6. The van der Waals surface area contributed by atoms with E-state index in [1.807, 2.05) is 0 Å². The zero-order valence-electron chi connectivity index (χ0n) is 10.0. The number of benzene rings is 1. The summed E-state index contributed by atoms with van der Waals surface area (Å²) in [6.07, 6.45) is -9.24. The highest BCUT2D eigenvalue weighted by atomic mass is 19.4. The Morgan fingerprint density at radius 3 is 1.71 bits per heavy atom. The van der Waals surface area contributed by atoms with Gasteiger partial charge in [-0.1, -0.05) is 0 Å². The fourth-order valence-corrected chi connectivity index (χ4v) is 1.75. The maximum Gasteiger partial charge on any atom is 0.416 e. The van der Waals surface area contributed by atoms with Crippen molar-refractivity contribution >= 4 is 5.88 Å². The maximum absolute atomic E-state index is 12.7. The van der Waals surface area contributed by atoms with E-state index < -0.39 is 46.2 Å². The van der Waals surface area contributed by atoms with Crippen molar-refractivity contribution in [1.82, 2.24) is 0 Å². The number of nitrogens with two attached hydrogens (primary N) is 1. The molecule has 2 rings (SSSR count). The molecule has 1 aromatic carbocycles. The second-order valence-electron chi connectivity index (χ2n) is 4.15. The molecule has 0 spiro atoms. The van der Waals surface area contributed by atoms with Crippen molar-refractivity contribution in [3.05, 3.63) is 35.6 Å². The minimum Gasteiger partial charge on any atom is -0.504 e. The van der Waals surface area contributed by atoms with Crippen LogP contribution in [0, 0.1) is 0 Å². The molecule has 1 heterocycles. The Hall–Kier alpha value is -2.32. The fourth-order valence-electron chi connectivity index (χ4n) is 1.75. The Kier molecular flexibility index (Phi) is 3.31. The van der Waals surface area contributed by atoms with Crippen LogP contribution in [0.2, 0.25) is 0 Å². The molecule has 9 heteroatoms. The van der Waals surface area contributed by atoms with Gasteiger partial charge in [0.05, 0.1) is 16.7 Å². The predicted molar refractivity (Wildman–Crippen MR) is 60.2 cm³/mol. The van der Waals surface area contributed by atoms with Crippen LogP contribution in [0.3, 0.4) is 0 Å². The lowest BCUT2D eigenvalue weighted by atomic mass is 10.00. The third-order valence-corrected chi connectivity index (χ3v) is 2.68. The molecule has 0 bridgehead atoms. The van der Waals surface area contributed by atoms with E-state index in [2.05, 4.69) is 4.42 Å². The number of aromatic hydroxyl groups is 1. The summed E-state index contributed by atoms with van der Waals surface area (Å²) >= 11 is 0. The van der Waals surface area contributed by atoms with E-state index in [0.717, 1.165) is 6.26 Å². The van der Waals surface area contributed by atoms with Crippen molar-refractivity contribution in [1.29, 1.82) is 0 Å². The average molecular weight is 311 g/mol. The Morgan fingerprint density at radius 2 is 1.38 bits per heavy atom. The summed E-state index contributed by atoms with van der Waals surface area (Å²) in [5.74, 6) is -1.14. The van der Waals surface area contributed by atoms with E-state index in [4.69, 9.17) is 5.73 Å². The van der Waals surface area contributed by atoms with E-state index in [1.165, 1.54) is 0 Å². The summed E-state index contributed by atoms with van der Waals surface area (Å²) in [5.41, 5.74) is 1.32. The first-order valence-electron chi connectivity index (χ1n) is 5.36. The standard InChI is InChI=1S/C12H7F6NO2/c13-11(14,15)6-1-5(2-7(3-6)12(16,17)18)9-8(20)4-21-10(9)19/h1-4,20H,19H2. The molecule has 0 fully saturated rings. The fraction of sp³-hybridized carbons (Fsp3) is 0.167. The van der Waals surface area contributed by atoms with Crippen LogP contribution in [0.25, 0.3) is 11.1 Å². The molecular formula is C12H7F6NO2. The van der Waals surface area contributed by atoms with Gasteiger partial charge in [-0.3, -0.25) is 0 Å². The lowest BCUT2D eigenvalue weighted by molar-refractivity contribution is -0.143. The molecule has 3 nitrogen and oxygen atoms in total. The van der Waals surface area contributed by atoms with Crippen molar-refractivity contribution in [2.24, 2.45) is 0 Å². The number of rotatable bonds is 1. The van der Waals surface area contributed by atoms with Gasteiger partial charge in [0.2, 0.25) is 5.88 Å². The molecule has 0 radical (unpaired) electrons. The quantitative estimate of drug-likeness (QED) is 0.773. The highest BCUT2D eigenvalue weighted by Gasteiger charge is 2.37. The topological polar surface area (TPSA) is 59.4 Å². The zero-order chi connectivity index (χ0) is 16.0. The smallest absolute Gasteiger partial charge is 0.416 e. The highest BCUT2D eigenvalue weighted by Crippen LogP contribution is 2.42. The third kappa shape index (κ3) is 2.91. The van der Waals surface area contributed by atoms with Gasteiger partial charge in [0.1, 0.15) is 6.26 Å². The van der Waals surface area contributed by atoms with Gasteiger partial charge in [0.15, 0.2) is 5.75 Å². The van der Waals surface area contributed by atoms with Gasteiger partial charge in [-0.15, -0.1) is 0 Å². The molecule has 114 valence electrons. The van der Waals surface area contributed by atoms with Crippen molar-refractivity contribution in [3.8, 4) is 16.9 Å².